The lowest BCUT2D eigenvalue weighted by molar-refractivity contribution is -0.125. The number of hydrogen-bond acceptors (Lipinski definition) is 4. The van der Waals surface area contributed by atoms with Crippen LogP contribution in [0.5, 0.6) is 0 Å². The summed E-state index contributed by atoms with van der Waals surface area (Å²) in [5.74, 6) is -0.585. The number of carbonyl (C=O) groups is 3. The molecular formula is C21H19N5O3. The molecule has 0 radical (unpaired) electrons. The molecule has 0 spiro atoms. The third kappa shape index (κ3) is 4.01. The van der Waals surface area contributed by atoms with E-state index in [0.29, 0.717) is 17.7 Å². The Morgan fingerprint density at radius 2 is 1.83 bits per heavy atom. The first kappa shape index (κ1) is 18.4. The number of imide groups is 1. The summed E-state index contributed by atoms with van der Waals surface area (Å²) in [6.45, 7) is 0.349. The highest BCUT2D eigenvalue weighted by Crippen LogP contribution is 2.14. The van der Waals surface area contributed by atoms with Crippen molar-refractivity contribution in [3.63, 3.8) is 0 Å². The van der Waals surface area contributed by atoms with Crippen LogP contribution in [0.1, 0.15) is 21.5 Å². The molecule has 0 saturated carbocycles. The number of aromatic nitrogens is 2. The number of amides is 4. The van der Waals surface area contributed by atoms with Crippen LogP contribution in [-0.4, -0.2) is 39.1 Å². The smallest absolute Gasteiger partial charge is 0.324 e. The SMILES string of the molecule is O=C(NCc1cnn(-c2ccccc2)c1)c1ccccc1CN1C(=O)CNC1=O. The van der Waals surface area contributed by atoms with Gasteiger partial charge in [0.2, 0.25) is 5.91 Å². The van der Waals surface area contributed by atoms with E-state index < -0.39 is 6.03 Å². The quantitative estimate of drug-likeness (QED) is 0.629. The summed E-state index contributed by atoms with van der Waals surface area (Å²) in [6.07, 6.45) is 3.56. The molecule has 1 aromatic heterocycles. The van der Waals surface area contributed by atoms with Crippen LogP contribution in [0.4, 0.5) is 4.79 Å². The van der Waals surface area contributed by atoms with Gasteiger partial charge in [-0.1, -0.05) is 36.4 Å². The van der Waals surface area contributed by atoms with Gasteiger partial charge in [-0.2, -0.15) is 5.10 Å². The number of nitrogens with one attached hydrogen (secondary N) is 2. The molecule has 2 aromatic carbocycles. The highest BCUT2D eigenvalue weighted by atomic mass is 16.2. The summed E-state index contributed by atoms with van der Waals surface area (Å²) in [6, 6.07) is 16.2. The fourth-order valence-corrected chi connectivity index (χ4v) is 3.12. The van der Waals surface area contributed by atoms with E-state index in [4.69, 9.17) is 0 Å². The van der Waals surface area contributed by atoms with Crippen LogP contribution in [0.15, 0.2) is 67.0 Å². The van der Waals surface area contributed by atoms with Gasteiger partial charge in [-0.25, -0.2) is 9.48 Å². The molecule has 8 heteroatoms. The van der Waals surface area contributed by atoms with Gasteiger partial charge in [-0.05, 0) is 23.8 Å². The lowest BCUT2D eigenvalue weighted by atomic mass is 10.1. The van der Waals surface area contributed by atoms with Crippen LogP contribution >= 0.6 is 0 Å². The van der Waals surface area contributed by atoms with Crippen molar-refractivity contribution in [3.8, 4) is 5.69 Å². The zero-order valence-corrected chi connectivity index (χ0v) is 15.5. The van der Waals surface area contributed by atoms with Crippen LogP contribution in [0.2, 0.25) is 0 Å². The predicted molar refractivity (Wildman–Crippen MR) is 105 cm³/mol. The van der Waals surface area contributed by atoms with Crippen molar-refractivity contribution < 1.29 is 14.4 Å². The topological polar surface area (TPSA) is 96.3 Å². The molecule has 1 saturated heterocycles. The molecule has 1 aliphatic rings. The molecule has 146 valence electrons. The molecule has 3 aromatic rings. The van der Waals surface area contributed by atoms with Crippen molar-refractivity contribution in [1.29, 1.82) is 0 Å². The summed E-state index contributed by atoms with van der Waals surface area (Å²) in [4.78, 5) is 37.4. The molecule has 0 unspecified atom stereocenters. The third-order valence-electron chi connectivity index (χ3n) is 4.64. The van der Waals surface area contributed by atoms with Crippen molar-refractivity contribution in [1.82, 2.24) is 25.3 Å². The molecule has 4 amide bonds. The number of para-hydroxylation sites is 1. The van der Waals surface area contributed by atoms with Gasteiger partial charge < -0.3 is 10.6 Å². The Bertz CT molecular complexity index is 1040. The van der Waals surface area contributed by atoms with Crippen molar-refractivity contribution in [2.45, 2.75) is 13.1 Å². The van der Waals surface area contributed by atoms with E-state index in [2.05, 4.69) is 15.7 Å². The third-order valence-corrected chi connectivity index (χ3v) is 4.64. The summed E-state index contributed by atoms with van der Waals surface area (Å²) in [7, 11) is 0. The number of nitrogens with zero attached hydrogens (tertiary/aromatic N) is 3. The van der Waals surface area contributed by atoms with E-state index in [0.717, 1.165) is 16.2 Å². The molecule has 4 rings (SSSR count). The number of rotatable bonds is 6. The zero-order valence-electron chi connectivity index (χ0n) is 15.5. The lowest BCUT2D eigenvalue weighted by Crippen LogP contribution is -2.32. The Labute approximate surface area is 167 Å². The number of urea groups is 1. The first-order chi connectivity index (χ1) is 14.1. The van der Waals surface area contributed by atoms with E-state index in [1.807, 2.05) is 36.5 Å². The zero-order chi connectivity index (χ0) is 20.2. The van der Waals surface area contributed by atoms with Crippen LogP contribution in [-0.2, 0) is 17.9 Å². The van der Waals surface area contributed by atoms with Crippen molar-refractivity contribution in [2.75, 3.05) is 6.54 Å². The first-order valence-corrected chi connectivity index (χ1v) is 9.15. The van der Waals surface area contributed by atoms with Gasteiger partial charge in [-0.3, -0.25) is 14.5 Å². The Hall–Kier alpha value is -3.94. The van der Waals surface area contributed by atoms with E-state index in [1.54, 1.807) is 35.1 Å². The molecule has 2 N–H and O–H groups in total. The predicted octanol–water partition coefficient (Wildman–Crippen LogP) is 1.85. The lowest BCUT2D eigenvalue weighted by Gasteiger charge is -2.15. The Kier molecular flexibility index (Phi) is 5.07. The molecule has 1 aliphatic heterocycles. The fourth-order valence-electron chi connectivity index (χ4n) is 3.12. The maximum absolute atomic E-state index is 12.7. The maximum atomic E-state index is 12.7. The van der Waals surface area contributed by atoms with E-state index in [-0.39, 0.29) is 24.9 Å². The molecule has 0 aliphatic carbocycles. The molecular weight excluding hydrogens is 370 g/mol. The second-order valence-corrected chi connectivity index (χ2v) is 6.61. The van der Waals surface area contributed by atoms with E-state index >= 15 is 0 Å². The Morgan fingerprint density at radius 3 is 2.59 bits per heavy atom. The number of carbonyl (C=O) groups excluding carboxylic acids is 3. The van der Waals surface area contributed by atoms with Crippen molar-refractivity contribution >= 4 is 17.8 Å². The average Bonchev–Trinajstić information content (AvgIpc) is 3.35. The maximum Gasteiger partial charge on any atom is 0.324 e. The standard InChI is InChI=1S/C21H19N5O3/c27-19-12-23-21(29)25(19)14-16-6-4-5-9-18(16)20(28)22-10-15-11-24-26(13-15)17-7-2-1-3-8-17/h1-9,11,13H,10,12,14H2,(H,22,28)(H,23,29). The summed E-state index contributed by atoms with van der Waals surface area (Å²) < 4.78 is 1.74. The summed E-state index contributed by atoms with van der Waals surface area (Å²) in [5, 5.41) is 9.67. The van der Waals surface area contributed by atoms with E-state index in [9.17, 15) is 14.4 Å². The second kappa shape index (κ2) is 7.97. The van der Waals surface area contributed by atoms with Crippen LogP contribution in [0.3, 0.4) is 0 Å². The Morgan fingerprint density at radius 1 is 1.07 bits per heavy atom. The minimum atomic E-state index is -0.446. The molecule has 1 fully saturated rings. The largest absolute Gasteiger partial charge is 0.348 e. The highest BCUT2D eigenvalue weighted by Gasteiger charge is 2.29. The average molecular weight is 389 g/mol. The summed E-state index contributed by atoms with van der Waals surface area (Å²) in [5.41, 5.74) is 2.82. The fraction of sp³-hybridized carbons (Fsp3) is 0.143. The molecule has 0 atom stereocenters. The highest BCUT2D eigenvalue weighted by molar-refractivity contribution is 6.02. The van der Waals surface area contributed by atoms with Crippen LogP contribution in [0.25, 0.3) is 5.69 Å². The normalized spacial score (nSPS) is 13.4. The van der Waals surface area contributed by atoms with Gasteiger partial charge in [0.15, 0.2) is 0 Å². The van der Waals surface area contributed by atoms with Gasteiger partial charge in [0.25, 0.3) is 5.91 Å². The minimum absolute atomic E-state index is 0.0153. The molecule has 8 nitrogen and oxygen atoms in total. The van der Waals surface area contributed by atoms with Gasteiger partial charge in [0.05, 0.1) is 25.0 Å². The van der Waals surface area contributed by atoms with Gasteiger partial charge in [0.1, 0.15) is 0 Å². The van der Waals surface area contributed by atoms with Crippen LogP contribution < -0.4 is 10.6 Å². The van der Waals surface area contributed by atoms with Crippen LogP contribution in [0, 0.1) is 0 Å². The first-order valence-electron chi connectivity index (χ1n) is 9.15. The number of hydrogen-bond donors (Lipinski definition) is 2. The minimum Gasteiger partial charge on any atom is -0.348 e. The van der Waals surface area contributed by atoms with Gasteiger partial charge in [-0.15, -0.1) is 0 Å². The number of benzene rings is 2. The molecule has 29 heavy (non-hydrogen) atoms. The Balaban J connectivity index is 1.44. The second-order valence-electron chi connectivity index (χ2n) is 6.61. The van der Waals surface area contributed by atoms with Gasteiger partial charge >= 0.3 is 6.03 Å². The monoisotopic (exact) mass is 389 g/mol. The van der Waals surface area contributed by atoms with Crippen molar-refractivity contribution in [3.05, 3.63) is 83.7 Å². The molecule has 2 heterocycles. The van der Waals surface area contributed by atoms with E-state index in [1.165, 1.54) is 0 Å². The molecule has 0 bridgehead atoms. The van der Waals surface area contributed by atoms with Gasteiger partial charge in [0, 0.05) is 23.9 Å². The van der Waals surface area contributed by atoms with Crippen molar-refractivity contribution in [2.24, 2.45) is 0 Å². The summed E-state index contributed by atoms with van der Waals surface area (Å²) >= 11 is 0.